The number of hydrazone groups is 1. The molecule has 0 bridgehead atoms. The Morgan fingerprint density at radius 1 is 1.06 bits per heavy atom. The fraction of sp³-hybridized carbons (Fsp3) is 0. The van der Waals surface area contributed by atoms with Gasteiger partial charge in [-0.2, -0.15) is 5.10 Å². The van der Waals surface area contributed by atoms with Gasteiger partial charge < -0.3 is 4.74 Å². The molecule has 0 unspecified atom stereocenters. The molecule has 0 aliphatic rings. The third-order valence-electron chi connectivity index (χ3n) is 4.20. The van der Waals surface area contributed by atoms with Crippen LogP contribution in [-0.2, 0) is 0 Å². The maximum Gasteiger partial charge on any atom is 0.346 e. The van der Waals surface area contributed by atoms with Crippen LogP contribution in [0, 0.1) is 5.82 Å². The molecular weight excluding hydrogens is 437 g/mol. The Balaban J connectivity index is 1.34. The number of halogens is 2. The maximum absolute atomic E-state index is 13.7. The molecule has 8 heteroatoms. The zero-order valence-electron chi connectivity index (χ0n) is 16.0. The predicted octanol–water partition coefficient (Wildman–Crippen LogP) is 6.27. The molecule has 1 heterocycles. The fourth-order valence-electron chi connectivity index (χ4n) is 2.65. The number of ether oxygens (including phenoxy) is 1. The van der Waals surface area contributed by atoms with E-state index in [1.807, 2.05) is 29.6 Å². The number of nitrogens with one attached hydrogen (secondary N) is 1. The van der Waals surface area contributed by atoms with Gasteiger partial charge in [0.15, 0.2) is 0 Å². The third-order valence-corrected chi connectivity index (χ3v) is 5.20. The van der Waals surface area contributed by atoms with Crippen LogP contribution in [0.1, 0.15) is 15.9 Å². The monoisotopic (exact) mass is 451 g/mol. The average molecular weight is 452 g/mol. The van der Waals surface area contributed by atoms with Gasteiger partial charge in [0.2, 0.25) is 5.13 Å². The Kier molecular flexibility index (Phi) is 6.35. The molecule has 0 radical (unpaired) electrons. The van der Waals surface area contributed by atoms with Crippen molar-refractivity contribution in [3.8, 4) is 17.0 Å². The number of benzene rings is 3. The third kappa shape index (κ3) is 5.33. The van der Waals surface area contributed by atoms with Crippen molar-refractivity contribution in [2.45, 2.75) is 0 Å². The first-order valence-electron chi connectivity index (χ1n) is 9.16. The fourth-order valence-corrected chi connectivity index (χ4v) is 3.45. The zero-order valence-corrected chi connectivity index (χ0v) is 17.5. The van der Waals surface area contributed by atoms with E-state index in [1.165, 1.54) is 29.5 Å². The second kappa shape index (κ2) is 9.51. The highest BCUT2D eigenvalue weighted by Gasteiger charge is 2.13. The summed E-state index contributed by atoms with van der Waals surface area (Å²) in [4.78, 5) is 16.5. The molecule has 3 aromatic carbocycles. The second-order valence-electron chi connectivity index (χ2n) is 6.35. The van der Waals surface area contributed by atoms with Crippen LogP contribution in [-0.4, -0.2) is 17.2 Å². The standard InChI is InChI=1S/C23H15ClFN3O2S/c24-17-9-7-16(8-10-17)21-14-31-23(27-21)28-26-13-15-5-11-18(12-6-15)30-22(29)19-3-1-2-4-20(19)25/h1-14H,(H,27,28). The summed E-state index contributed by atoms with van der Waals surface area (Å²) in [7, 11) is 0. The second-order valence-corrected chi connectivity index (χ2v) is 7.65. The van der Waals surface area contributed by atoms with E-state index >= 15 is 0 Å². The van der Waals surface area contributed by atoms with Gasteiger partial charge >= 0.3 is 5.97 Å². The molecule has 1 N–H and O–H groups in total. The van der Waals surface area contributed by atoms with Gasteiger partial charge in [0, 0.05) is 16.0 Å². The van der Waals surface area contributed by atoms with Gasteiger partial charge in [-0.05, 0) is 54.1 Å². The lowest BCUT2D eigenvalue weighted by Gasteiger charge is -2.05. The Morgan fingerprint density at radius 3 is 2.55 bits per heavy atom. The molecule has 0 aliphatic carbocycles. The van der Waals surface area contributed by atoms with Gasteiger partial charge in [0.1, 0.15) is 11.6 Å². The lowest BCUT2D eigenvalue weighted by Crippen LogP contribution is -2.10. The lowest BCUT2D eigenvalue weighted by molar-refractivity contribution is 0.0730. The van der Waals surface area contributed by atoms with Crippen LogP contribution < -0.4 is 10.2 Å². The molecule has 4 aromatic rings. The number of carbonyl (C=O) groups is 1. The van der Waals surface area contributed by atoms with Gasteiger partial charge in [0.05, 0.1) is 17.5 Å². The molecule has 31 heavy (non-hydrogen) atoms. The molecule has 0 fully saturated rings. The SMILES string of the molecule is O=C(Oc1ccc(C=NNc2nc(-c3ccc(Cl)cc3)cs2)cc1)c1ccccc1F. The summed E-state index contributed by atoms with van der Waals surface area (Å²) in [5, 5.41) is 7.43. The number of hydrogen-bond donors (Lipinski definition) is 1. The van der Waals surface area contributed by atoms with Gasteiger partial charge in [-0.25, -0.2) is 14.2 Å². The van der Waals surface area contributed by atoms with Crippen molar-refractivity contribution < 1.29 is 13.9 Å². The van der Waals surface area contributed by atoms with Gasteiger partial charge in [-0.3, -0.25) is 5.43 Å². The summed E-state index contributed by atoms with van der Waals surface area (Å²) in [5.41, 5.74) is 5.37. The highest BCUT2D eigenvalue weighted by molar-refractivity contribution is 7.14. The number of carbonyl (C=O) groups excluding carboxylic acids is 1. The van der Waals surface area contributed by atoms with Crippen molar-refractivity contribution in [1.82, 2.24) is 4.98 Å². The first-order valence-corrected chi connectivity index (χ1v) is 10.4. The van der Waals surface area contributed by atoms with Crippen LogP contribution in [0.5, 0.6) is 5.75 Å². The molecule has 5 nitrogen and oxygen atoms in total. The number of anilines is 1. The molecule has 0 saturated carbocycles. The quantitative estimate of drug-likeness (QED) is 0.162. The van der Waals surface area contributed by atoms with E-state index < -0.39 is 11.8 Å². The van der Waals surface area contributed by atoms with Crippen LogP contribution in [0.4, 0.5) is 9.52 Å². The summed E-state index contributed by atoms with van der Waals surface area (Å²) in [6.07, 6.45) is 1.62. The number of nitrogens with zero attached hydrogens (tertiary/aromatic N) is 2. The zero-order chi connectivity index (χ0) is 21.6. The van der Waals surface area contributed by atoms with Crippen molar-refractivity contribution >= 4 is 40.3 Å². The predicted molar refractivity (Wildman–Crippen MR) is 122 cm³/mol. The molecule has 0 amide bonds. The summed E-state index contributed by atoms with van der Waals surface area (Å²) in [6.45, 7) is 0. The molecule has 4 rings (SSSR count). The van der Waals surface area contributed by atoms with Gasteiger partial charge in [-0.1, -0.05) is 35.9 Å². The van der Waals surface area contributed by atoms with Crippen LogP contribution in [0.25, 0.3) is 11.3 Å². The first-order chi connectivity index (χ1) is 15.1. The van der Waals surface area contributed by atoms with Crippen molar-refractivity contribution in [3.05, 3.63) is 100 Å². The lowest BCUT2D eigenvalue weighted by atomic mass is 10.2. The highest BCUT2D eigenvalue weighted by atomic mass is 35.5. The van der Waals surface area contributed by atoms with Crippen molar-refractivity contribution in [2.24, 2.45) is 5.10 Å². The van der Waals surface area contributed by atoms with Crippen LogP contribution in [0.3, 0.4) is 0 Å². The molecule has 0 atom stereocenters. The molecular formula is C23H15ClFN3O2S. The Bertz CT molecular complexity index is 1220. The number of esters is 1. The number of thiazole rings is 1. The summed E-state index contributed by atoms with van der Waals surface area (Å²) in [6, 6.07) is 19.8. The smallest absolute Gasteiger partial charge is 0.346 e. The van der Waals surface area contributed by atoms with Gasteiger partial charge in [-0.15, -0.1) is 11.3 Å². The maximum atomic E-state index is 13.7. The van der Waals surface area contributed by atoms with E-state index in [4.69, 9.17) is 16.3 Å². The van der Waals surface area contributed by atoms with E-state index in [2.05, 4.69) is 15.5 Å². The normalized spacial score (nSPS) is 10.9. The molecule has 154 valence electrons. The Hall–Kier alpha value is -3.55. The van der Waals surface area contributed by atoms with E-state index in [9.17, 15) is 9.18 Å². The topological polar surface area (TPSA) is 63.6 Å². The molecule has 0 saturated heterocycles. The largest absolute Gasteiger partial charge is 0.423 e. The van der Waals surface area contributed by atoms with Crippen molar-refractivity contribution in [1.29, 1.82) is 0 Å². The van der Waals surface area contributed by atoms with Crippen LogP contribution in [0.2, 0.25) is 5.02 Å². The minimum absolute atomic E-state index is 0.112. The van der Waals surface area contributed by atoms with Crippen LogP contribution in [0.15, 0.2) is 83.3 Å². The van der Waals surface area contributed by atoms with E-state index in [0.29, 0.717) is 15.9 Å². The summed E-state index contributed by atoms with van der Waals surface area (Å²) >= 11 is 7.35. The van der Waals surface area contributed by atoms with Crippen molar-refractivity contribution in [3.63, 3.8) is 0 Å². The van der Waals surface area contributed by atoms with E-state index in [-0.39, 0.29) is 5.56 Å². The average Bonchev–Trinajstić information content (AvgIpc) is 3.24. The minimum Gasteiger partial charge on any atom is -0.423 e. The molecule has 0 spiro atoms. The Labute approximate surface area is 186 Å². The molecule has 1 aromatic heterocycles. The number of aromatic nitrogens is 1. The summed E-state index contributed by atoms with van der Waals surface area (Å²) in [5.74, 6) is -1.06. The minimum atomic E-state index is -0.749. The van der Waals surface area contributed by atoms with Crippen molar-refractivity contribution in [2.75, 3.05) is 5.43 Å². The van der Waals surface area contributed by atoms with E-state index in [1.54, 1.807) is 36.5 Å². The van der Waals surface area contributed by atoms with Crippen LogP contribution >= 0.6 is 22.9 Å². The van der Waals surface area contributed by atoms with Gasteiger partial charge in [0.25, 0.3) is 0 Å². The highest BCUT2D eigenvalue weighted by Crippen LogP contribution is 2.26. The number of rotatable bonds is 6. The summed E-state index contributed by atoms with van der Waals surface area (Å²) < 4.78 is 18.9. The first kappa shape index (κ1) is 20.7. The molecule has 0 aliphatic heterocycles. The number of hydrogen-bond acceptors (Lipinski definition) is 6. The Morgan fingerprint density at radius 2 is 1.81 bits per heavy atom. The van der Waals surface area contributed by atoms with E-state index in [0.717, 1.165) is 16.8 Å².